The largest absolute Gasteiger partial charge is 0.472 e. The minimum atomic E-state index is -1.55. The molecule has 1 heterocycles. The van der Waals surface area contributed by atoms with Crippen LogP contribution in [-0.4, -0.2) is 42.2 Å². The van der Waals surface area contributed by atoms with Crippen molar-refractivity contribution in [1.82, 2.24) is 15.1 Å². The molecule has 1 amide bonds. The van der Waals surface area contributed by atoms with Crippen LogP contribution in [0.1, 0.15) is 6.92 Å². The third kappa shape index (κ3) is 4.87. The normalized spacial score (nSPS) is 12.1. The molecule has 144 valence electrons. The number of benzene rings is 1. The fourth-order valence-electron chi connectivity index (χ4n) is 2.05. The fourth-order valence-corrected chi connectivity index (χ4v) is 2.05. The number of hydrogen-bond donors (Lipinski definition) is 1. The molecule has 0 saturated heterocycles. The summed E-state index contributed by atoms with van der Waals surface area (Å²) in [4.78, 5) is 16.3. The zero-order valence-corrected chi connectivity index (χ0v) is 14.8. The summed E-state index contributed by atoms with van der Waals surface area (Å²) < 4.78 is 46.2. The highest BCUT2D eigenvalue weighted by Gasteiger charge is 2.14. The van der Waals surface area contributed by atoms with Crippen LogP contribution in [0.25, 0.3) is 5.69 Å². The van der Waals surface area contributed by atoms with E-state index in [-0.39, 0.29) is 23.9 Å². The Morgan fingerprint density at radius 1 is 1.33 bits per heavy atom. The first kappa shape index (κ1) is 20.0. The summed E-state index contributed by atoms with van der Waals surface area (Å²) in [5.74, 6) is -4.45. The Bertz CT molecular complexity index is 870. The molecule has 10 heteroatoms. The van der Waals surface area contributed by atoms with Crippen molar-refractivity contribution in [3.05, 3.63) is 53.5 Å². The molecule has 0 aliphatic heterocycles. The van der Waals surface area contributed by atoms with E-state index in [1.54, 1.807) is 13.0 Å². The number of nitrogens with one attached hydrogen (secondary N) is 1. The van der Waals surface area contributed by atoms with Gasteiger partial charge in [0.2, 0.25) is 5.88 Å². The molecule has 0 bridgehead atoms. The summed E-state index contributed by atoms with van der Waals surface area (Å²) in [5, 5.41) is 10.1. The summed E-state index contributed by atoms with van der Waals surface area (Å²) >= 11 is 0. The maximum atomic E-state index is 13.3. The van der Waals surface area contributed by atoms with Crippen LogP contribution in [-0.2, 0) is 9.63 Å². The predicted octanol–water partition coefficient (Wildman–Crippen LogP) is 2.36. The standard InChI is InChI=1S/C17H17F3N4O3/c1-10(16(23-26-3)17(25)21-2)5-7-27-14-4-6-24(22-14)11-8-12(18)15(20)13(19)9-11/h4-6,8-9H,7H2,1-3H3,(H,21,25)/b10-5?,23-16+. The van der Waals surface area contributed by atoms with E-state index in [9.17, 15) is 18.0 Å². The third-order valence-electron chi connectivity index (χ3n) is 3.42. The van der Waals surface area contributed by atoms with Crippen LogP contribution in [0.4, 0.5) is 13.2 Å². The van der Waals surface area contributed by atoms with Gasteiger partial charge in [0, 0.05) is 31.4 Å². The van der Waals surface area contributed by atoms with Crippen molar-refractivity contribution < 1.29 is 27.5 Å². The molecular weight excluding hydrogens is 365 g/mol. The van der Waals surface area contributed by atoms with Crippen molar-refractivity contribution in [3.8, 4) is 11.6 Å². The quantitative estimate of drug-likeness (QED) is 0.453. The number of carbonyl (C=O) groups excluding carboxylic acids is 1. The van der Waals surface area contributed by atoms with Gasteiger partial charge < -0.3 is 14.9 Å². The molecule has 7 nitrogen and oxygen atoms in total. The van der Waals surface area contributed by atoms with Gasteiger partial charge in [-0.1, -0.05) is 5.16 Å². The Balaban J connectivity index is 2.08. The predicted molar refractivity (Wildman–Crippen MR) is 91.2 cm³/mol. The zero-order chi connectivity index (χ0) is 20.0. The van der Waals surface area contributed by atoms with E-state index >= 15 is 0 Å². The summed E-state index contributed by atoms with van der Waals surface area (Å²) in [6.45, 7) is 1.70. The van der Waals surface area contributed by atoms with Gasteiger partial charge in [-0.15, -0.1) is 5.10 Å². The van der Waals surface area contributed by atoms with Gasteiger partial charge in [-0.2, -0.15) is 0 Å². The lowest BCUT2D eigenvalue weighted by atomic mass is 10.1. The highest BCUT2D eigenvalue weighted by Crippen LogP contribution is 2.18. The maximum absolute atomic E-state index is 13.3. The van der Waals surface area contributed by atoms with E-state index in [4.69, 9.17) is 4.74 Å². The molecule has 0 unspecified atom stereocenters. The average molecular weight is 382 g/mol. The van der Waals surface area contributed by atoms with Crippen LogP contribution in [0.2, 0.25) is 0 Å². The van der Waals surface area contributed by atoms with Gasteiger partial charge in [0.05, 0.1) is 5.69 Å². The second-order valence-corrected chi connectivity index (χ2v) is 5.22. The fraction of sp³-hybridized carbons (Fsp3) is 0.235. The van der Waals surface area contributed by atoms with Crippen molar-refractivity contribution in [2.75, 3.05) is 20.8 Å². The van der Waals surface area contributed by atoms with Gasteiger partial charge in [-0.05, 0) is 18.6 Å². The van der Waals surface area contributed by atoms with Crippen LogP contribution in [0, 0.1) is 17.5 Å². The van der Waals surface area contributed by atoms with Crippen LogP contribution < -0.4 is 10.1 Å². The lowest BCUT2D eigenvalue weighted by Crippen LogP contribution is -2.28. The highest BCUT2D eigenvalue weighted by molar-refractivity contribution is 6.44. The van der Waals surface area contributed by atoms with E-state index < -0.39 is 23.4 Å². The van der Waals surface area contributed by atoms with E-state index in [0.29, 0.717) is 5.57 Å². The molecule has 0 fully saturated rings. The summed E-state index contributed by atoms with van der Waals surface area (Å²) in [6.07, 6.45) is 2.99. The van der Waals surface area contributed by atoms with Crippen LogP contribution >= 0.6 is 0 Å². The highest BCUT2D eigenvalue weighted by atomic mass is 19.2. The molecule has 0 radical (unpaired) electrons. The monoisotopic (exact) mass is 382 g/mol. The minimum absolute atomic E-state index is 0.00195. The topological polar surface area (TPSA) is 77.7 Å². The molecule has 0 spiro atoms. The van der Waals surface area contributed by atoms with Crippen LogP contribution in [0.5, 0.6) is 5.88 Å². The first-order valence-corrected chi connectivity index (χ1v) is 7.71. The SMILES string of the molecule is CNC(=O)/C(=N/OC)C(C)=CCOc1ccn(-c2cc(F)c(F)c(F)c2)n1. The lowest BCUT2D eigenvalue weighted by Gasteiger charge is -2.05. The summed E-state index contributed by atoms with van der Waals surface area (Å²) in [5.41, 5.74) is 0.604. The van der Waals surface area contributed by atoms with Crippen molar-refractivity contribution in [2.24, 2.45) is 5.16 Å². The van der Waals surface area contributed by atoms with Crippen molar-refractivity contribution in [3.63, 3.8) is 0 Å². The summed E-state index contributed by atoms with van der Waals surface area (Å²) in [6, 6.07) is 3.09. The lowest BCUT2D eigenvalue weighted by molar-refractivity contribution is -0.114. The molecule has 0 saturated carbocycles. The second-order valence-electron chi connectivity index (χ2n) is 5.22. The molecule has 0 aliphatic rings. The summed E-state index contributed by atoms with van der Waals surface area (Å²) in [7, 11) is 2.78. The first-order valence-electron chi connectivity index (χ1n) is 7.71. The maximum Gasteiger partial charge on any atom is 0.273 e. The number of nitrogens with zero attached hydrogens (tertiary/aromatic N) is 3. The van der Waals surface area contributed by atoms with E-state index in [0.717, 1.165) is 16.8 Å². The number of hydrogen-bond acceptors (Lipinski definition) is 5. The molecule has 0 atom stereocenters. The molecule has 1 aromatic carbocycles. The Morgan fingerprint density at radius 3 is 2.59 bits per heavy atom. The van der Waals surface area contributed by atoms with Crippen molar-refractivity contribution in [1.29, 1.82) is 0 Å². The molecule has 1 N–H and O–H groups in total. The van der Waals surface area contributed by atoms with Crippen LogP contribution in [0.15, 0.2) is 41.2 Å². The molecule has 2 rings (SSSR count). The first-order chi connectivity index (χ1) is 12.9. The molecular formula is C17H17F3N4O3. The molecule has 27 heavy (non-hydrogen) atoms. The number of rotatable bonds is 7. The van der Waals surface area contributed by atoms with E-state index in [2.05, 4.69) is 20.4 Å². The second kappa shape index (κ2) is 8.88. The number of amides is 1. The Hall–Kier alpha value is -3.30. The van der Waals surface area contributed by atoms with E-state index in [1.165, 1.54) is 26.4 Å². The Kier molecular flexibility index (Phi) is 6.58. The number of halogens is 3. The molecule has 2 aromatic rings. The molecule has 0 aliphatic carbocycles. The number of aromatic nitrogens is 2. The zero-order valence-electron chi connectivity index (χ0n) is 14.8. The van der Waals surface area contributed by atoms with Crippen molar-refractivity contribution in [2.45, 2.75) is 6.92 Å². The third-order valence-corrected chi connectivity index (χ3v) is 3.42. The number of ether oxygens (including phenoxy) is 1. The molecule has 1 aromatic heterocycles. The average Bonchev–Trinajstić information content (AvgIpc) is 3.12. The number of oxime groups is 1. The minimum Gasteiger partial charge on any atom is -0.472 e. The van der Waals surface area contributed by atoms with Crippen molar-refractivity contribution >= 4 is 11.6 Å². The Labute approximate surface area is 153 Å². The van der Waals surface area contributed by atoms with Gasteiger partial charge in [0.1, 0.15) is 13.7 Å². The van der Waals surface area contributed by atoms with Gasteiger partial charge in [-0.3, -0.25) is 4.79 Å². The van der Waals surface area contributed by atoms with Gasteiger partial charge in [0.15, 0.2) is 23.2 Å². The Morgan fingerprint density at radius 2 is 2.00 bits per heavy atom. The number of carbonyl (C=O) groups is 1. The smallest absolute Gasteiger partial charge is 0.273 e. The van der Waals surface area contributed by atoms with Gasteiger partial charge in [-0.25, -0.2) is 17.9 Å². The van der Waals surface area contributed by atoms with Crippen LogP contribution in [0.3, 0.4) is 0 Å². The van der Waals surface area contributed by atoms with Gasteiger partial charge in [0.25, 0.3) is 5.91 Å². The van der Waals surface area contributed by atoms with Gasteiger partial charge >= 0.3 is 0 Å². The van der Waals surface area contributed by atoms with E-state index in [1.807, 2.05) is 0 Å².